The second-order valence-corrected chi connectivity index (χ2v) is 5.32. The molecule has 0 saturated heterocycles. The maximum atomic E-state index is 5.33. The molecule has 0 radical (unpaired) electrons. The number of oxazole rings is 1. The molecule has 0 atom stereocenters. The fraction of sp³-hybridized carbons (Fsp3) is 0.250. The van der Waals surface area contributed by atoms with Gasteiger partial charge in [-0.2, -0.15) is 0 Å². The lowest BCUT2D eigenvalue weighted by atomic mass is 10.1. The molecule has 2 aromatic heterocycles. The van der Waals surface area contributed by atoms with Gasteiger partial charge in [0, 0.05) is 23.5 Å². The lowest BCUT2D eigenvalue weighted by Gasteiger charge is -2.10. The van der Waals surface area contributed by atoms with Crippen LogP contribution in [0, 0.1) is 0 Å². The molecule has 1 saturated carbocycles. The minimum Gasteiger partial charge on any atom is -0.444 e. The highest BCUT2D eigenvalue weighted by Gasteiger charge is 2.24. The maximum Gasteiger partial charge on any atom is 0.181 e. The van der Waals surface area contributed by atoms with Crippen molar-refractivity contribution in [2.24, 2.45) is 0 Å². The average Bonchev–Trinajstić information content (AvgIpc) is 3.04. The molecule has 1 N–H and O–H groups in total. The largest absolute Gasteiger partial charge is 0.444 e. The number of nitrogens with one attached hydrogen (secondary N) is 1. The molecule has 106 valence electrons. The molecule has 1 aromatic carbocycles. The number of hydrogen-bond acceptors (Lipinski definition) is 4. The summed E-state index contributed by atoms with van der Waals surface area (Å²) < 4.78 is 7.60. The van der Waals surface area contributed by atoms with Gasteiger partial charge in [0.25, 0.3) is 0 Å². The van der Waals surface area contributed by atoms with Crippen molar-refractivity contribution >= 4 is 5.69 Å². The topological polar surface area (TPSA) is 55.9 Å². The lowest BCUT2D eigenvalue weighted by molar-refractivity contribution is 0.572. The van der Waals surface area contributed by atoms with Gasteiger partial charge in [-0.05, 0) is 25.0 Å². The van der Waals surface area contributed by atoms with Crippen molar-refractivity contribution in [3.05, 3.63) is 55.1 Å². The minimum atomic E-state index is 0.657. The van der Waals surface area contributed by atoms with Crippen LogP contribution in [-0.2, 0) is 6.54 Å². The van der Waals surface area contributed by atoms with E-state index >= 15 is 0 Å². The molecular weight excluding hydrogens is 264 g/mol. The van der Waals surface area contributed by atoms with Crippen LogP contribution in [0.5, 0.6) is 0 Å². The first kappa shape index (κ1) is 12.2. The fourth-order valence-corrected chi connectivity index (χ4v) is 2.48. The Labute approximate surface area is 122 Å². The lowest BCUT2D eigenvalue weighted by Crippen LogP contribution is -2.05. The molecule has 1 aliphatic rings. The number of benzene rings is 1. The first-order valence-corrected chi connectivity index (χ1v) is 7.13. The summed E-state index contributed by atoms with van der Waals surface area (Å²) in [5, 5.41) is 3.45. The number of hydrogen-bond donors (Lipinski definition) is 1. The van der Waals surface area contributed by atoms with E-state index in [1.807, 2.05) is 24.7 Å². The predicted octanol–water partition coefficient (Wildman–Crippen LogP) is 3.49. The fourth-order valence-electron chi connectivity index (χ4n) is 2.48. The second kappa shape index (κ2) is 5.09. The van der Waals surface area contributed by atoms with E-state index in [0.29, 0.717) is 6.04 Å². The van der Waals surface area contributed by atoms with Crippen LogP contribution in [0.1, 0.15) is 24.6 Å². The number of aromatic nitrogens is 3. The minimum absolute atomic E-state index is 0.657. The Morgan fingerprint density at radius 1 is 1.24 bits per heavy atom. The molecule has 5 heteroatoms. The SMILES string of the molecule is c1cc(NCc2cncn2C2CC2)cc(-c2cnco2)c1. The van der Waals surface area contributed by atoms with Crippen molar-refractivity contribution < 1.29 is 4.42 Å². The number of nitrogens with zero attached hydrogens (tertiary/aromatic N) is 3. The van der Waals surface area contributed by atoms with Gasteiger partial charge in [0.1, 0.15) is 0 Å². The third-order valence-electron chi connectivity index (χ3n) is 3.74. The summed E-state index contributed by atoms with van der Waals surface area (Å²) in [5.74, 6) is 0.779. The van der Waals surface area contributed by atoms with Crippen molar-refractivity contribution in [1.29, 1.82) is 0 Å². The van der Waals surface area contributed by atoms with Crippen LogP contribution >= 0.6 is 0 Å². The molecule has 0 aliphatic heterocycles. The van der Waals surface area contributed by atoms with E-state index in [2.05, 4.69) is 32.0 Å². The third kappa shape index (κ3) is 2.54. The Kier molecular flexibility index (Phi) is 2.96. The zero-order valence-electron chi connectivity index (χ0n) is 11.6. The van der Waals surface area contributed by atoms with Crippen LogP contribution in [0.4, 0.5) is 5.69 Å². The average molecular weight is 280 g/mol. The van der Waals surface area contributed by atoms with Gasteiger partial charge >= 0.3 is 0 Å². The van der Waals surface area contributed by atoms with Gasteiger partial charge in [0.05, 0.1) is 24.8 Å². The molecule has 5 nitrogen and oxygen atoms in total. The zero-order chi connectivity index (χ0) is 14.1. The quantitative estimate of drug-likeness (QED) is 0.777. The third-order valence-corrected chi connectivity index (χ3v) is 3.74. The summed E-state index contributed by atoms with van der Waals surface area (Å²) >= 11 is 0. The van der Waals surface area contributed by atoms with Gasteiger partial charge in [0.15, 0.2) is 12.2 Å². The van der Waals surface area contributed by atoms with Crippen LogP contribution in [0.2, 0.25) is 0 Å². The zero-order valence-corrected chi connectivity index (χ0v) is 11.6. The second-order valence-electron chi connectivity index (χ2n) is 5.32. The van der Waals surface area contributed by atoms with Gasteiger partial charge in [0.2, 0.25) is 0 Å². The van der Waals surface area contributed by atoms with E-state index in [0.717, 1.165) is 23.6 Å². The van der Waals surface area contributed by atoms with E-state index in [9.17, 15) is 0 Å². The van der Waals surface area contributed by atoms with Gasteiger partial charge in [-0.15, -0.1) is 0 Å². The summed E-state index contributed by atoms with van der Waals surface area (Å²) in [6, 6.07) is 8.80. The summed E-state index contributed by atoms with van der Waals surface area (Å²) in [6.45, 7) is 0.774. The van der Waals surface area contributed by atoms with Crippen molar-refractivity contribution in [3.63, 3.8) is 0 Å². The van der Waals surface area contributed by atoms with Crippen LogP contribution in [0.3, 0.4) is 0 Å². The Morgan fingerprint density at radius 3 is 3.00 bits per heavy atom. The summed E-state index contributed by atoms with van der Waals surface area (Å²) in [7, 11) is 0. The number of anilines is 1. The predicted molar refractivity (Wildman–Crippen MR) is 79.8 cm³/mol. The molecule has 3 aromatic rings. The first-order valence-electron chi connectivity index (χ1n) is 7.13. The molecule has 21 heavy (non-hydrogen) atoms. The van der Waals surface area contributed by atoms with Crippen molar-refractivity contribution in [2.75, 3.05) is 5.32 Å². The van der Waals surface area contributed by atoms with E-state index < -0.39 is 0 Å². The molecule has 2 heterocycles. The van der Waals surface area contributed by atoms with E-state index in [1.165, 1.54) is 24.9 Å². The molecule has 0 bridgehead atoms. The Morgan fingerprint density at radius 2 is 2.19 bits per heavy atom. The van der Waals surface area contributed by atoms with Gasteiger partial charge in [-0.25, -0.2) is 9.97 Å². The van der Waals surface area contributed by atoms with E-state index in [-0.39, 0.29) is 0 Å². The summed E-state index contributed by atoms with van der Waals surface area (Å²) in [4.78, 5) is 8.21. The molecule has 1 aliphatic carbocycles. The molecule has 0 spiro atoms. The Hall–Kier alpha value is -2.56. The van der Waals surface area contributed by atoms with E-state index in [1.54, 1.807) is 6.20 Å². The Bertz CT molecular complexity index is 728. The van der Waals surface area contributed by atoms with Crippen LogP contribution in [-0.4, -0.2) is 14.5 Å². The summed E-state index contributed by atoms with van der Waals surface area (Å²) in [5.41, 5.74) is 3.31. The molecule has 4 rings (SSSR count). The normalized spacial score (nSPS) is 14.3. The smallest absolute Gasteiger partial charge is 0.181 e. The van der Waals surface area contributed by atoms with Crippen molar-refractivity contribution in [1.82, 2.24) is 14.5 Å². The molecule has 0 amide bonds. The monoisotopic (exact) mass is 280 g/mol. The maximum absolute atomic E-state index is 5.33. The van der Waals surface area contributed by atoms with Gasteiger partial charge in [-0.3, -0.25) is 0 Å². The summed E-state index contributed by atoms with van der Waals surface area (Å²) in [6.07, 6.45) is 9.57. The van der Waals surface area contributed by atoms with Gasteiger partial charge in [-0.1, -0.05) is 12.1 Å². The molecular formula is C16H16N4O. The standard InChI is InChI=1S/C16H16N4O/c1-2-12(16-9-18-11-21-16)6-13(3-1)19-8-15-7-17-10-20(15)14-4-5-14/h1-3,6-7,9-11,14,19H,4-5,8H2. The molecule has 1 fully saturated rings. The highest BCUT2D eigenvalue weighted by Crippen LogP contribution is 2.35. The van der Waals surface area contributed by atoms with Crippen LogP contribution < -0.4 is 5.32 Å². The van der Waals surface area contributed by atoms with Crippen molar-refractivity contribution in [3.8, 4) is 11.3 Å². The van der Waals surface area contributed by atoms with Crippen LogP contribution in [0.25, 0.3) is 11.3 Å². The van der Waals surface area contributed by atoms with E-state index in [4.69, 9.17) is 4.42 Å². The van der Waals surface area contributed by atoms with Gasteiger partial charge < -0.3 is 14.3 Å². The Balaban J connectivity index is 1.49. The number of rotatable bonds is 5. The highest BCUT2D eigenvalue weighted by molar-refractivity contribution is 5.63. The highest BCUT2D eigenvalue weighted by atomic mass is 16.3. The molecule has 0 unspecified atom stereocenters. The van der Waals surface area contributed by atoms with Crippen LogP contribution in [0.15, 0.2) is 53.8 Å². The van der Waals surface area contributed by atoms with Crippen molar-refractivity contribution in [2.45, 2.75) is 25.4 Å². The number of imidazole rings is 1. The first-order chi connectivity index (χ1) is 10.4.